The van der Waals surface area contributed by atoms with Crippen LogP contribution in [0.4, 0.5) is 11.4 Å². The number of hydrogen-bond acceptors (Lipinski definition) is 7. The molecule has 1 aliphatic heterocycles. The topological polar surface area (TPSA) is 110 Å². The van der Waals surface area contributed by atoms with E-state index in [1.165, 1.54) is 0 Å². The van der Waals surface area contributed by atoms with Crippen LogP contribution in [0.5, 0.6) is 5.75 Å². The summed E-state index contributed by atoms with van der Waals surface area (Å²) in [5, 5.41) is 8.69. The van der Waals surface area contributed by atoms with Crippen molar-refractivity contribution in [2.45, 2.75) is 38.7 Å². The van der Waals surface area contributed by atoms with Crippen molar-refractivity contribution in [3.63, 3.8) is 0 Å². The molecule has 0 saturated heterocycles. The van der Waals surface area contributed by atoms with Gasteiger partial charge in [-0.15, -0.1) is 0 Å². The van der Waals surface area contributed by atoms with Gasteiger partial charge in [0, 0.05) is 50.1 Å². The van der Waals surface area contributed by atoms with E-state index in [0.717, 1.165) is 29.1 Å². The van der Waals surface area contributed by atoms with Crippen LogP contribution in [0.15, 0.2) is 47.5 Å². The number of aliphatic imine (C=N–C) groups is 1. The lowest BCUT2D eigenvalue weighted by atomic mass is 9.98. The second-order valence-corrected chi connectivity index (χ2v) is 8.54. The highest BCUT2D eigenvalue weighted by Gasteiger charge is 2.17. The van der Waals surface area contributed by atoms with Gasteiger partial charge in [-0.05, 0) is 41.8 Å². The third-order valence-electron chi connectivity index (χ3n) is 5.54. The molecule has 2 aromatic rings. The lowest BCUT2D eigenvalue weighted by Crippen LogP contribution is -2.46. The zero-order valence-corrected chi connectivity index (χ0v) is 20.7. The maximum Gasteiger partial charge on any atom is 0.257 e. The van der Waals surface area contributed by atoms with Gasteiger partial charge in [0.25, 0.3) is 5.91 Å². The Morgan fingerprint density at radius 2 is 2.00 bits per heavy atom. The van der Waals surface area contributed by atoms with Crippen molar-refractivity contribution in [3.8, 4) is 5.75 Å². The van der Waals surface area contributed by atoms with Crippen LogP contribution < -0.4 is 20.7 Å². The van der Waals surface area contributed by atoms with Crippen molar-refractivity contribution >= 4 is 29.1 Å². The van der Waals surface area contributed by atoms with Crippen molar-refractivity contribution in [3.05, 3.63) is 53.6 Å². The van der Waals surface area contributed by atoms with Gasteiger partial charge < -0.3 is 19.5 Å². The summed E-state index contributed by atoms with van der Waals surface area (Å²) in [6.07, 6.45) is 1.04. The quantitative estimate of drug-likeness (QED) is 0.452. The Balaban J connectivity index is 1.67. The molecule has 9 heteroatoms. The molecule has 3 N–H and O–H groups in total. The lowest BCUT2D eigenvalue weighted by molar-refractivity contribution is -0.119. The number of nitrogens with zero attached hydrogens (tertiary/aromatic N) is 1. The third kappa shape index (κ3) is 7.80. The number of benzene rings is 2. The van der Waals surface area contributed by atoms with Crippen LogP contribution in [0.3, 0.4) is 0 Å². The highest BCUT2D eigenvalue weighted by molar-refractivity contribution is 6.10. The number of carbonyl (C=O) groups excluding carboxylic acids is 2. The molecule has 1 aliphatic rings. The highest BCUT2D eigenvalue weighted by atomic mass is 16.5. The van der Waals surface area contributed by atoms with Gasteiger partial charge in [0.1, 0.15) is 5.75 Å². The van der Waals surface area contributed by atoms with E-state index >= 15 is 0 Å². The Kier molecular flexibility index (Phi) is 9.63. The summed E-state index contributed by atoms with van der Waals surface area (Å²) in [6.45, 7) is 5.54. The first kappa shape index (κ1) is 26.2. The fourth-order valence-electron chi connectivity index (χ4n) is 3.63. The molecule has 35 heavy (non-hydrogen) atoms. The van der Waals surface area contributed by atoms with E-state index in [-0.39, 0.29) is 29.8 Å². The van der Waals surface area contributed by atoms with Crippen LogP contribution in [-0.4, -0.2) is 57.9 Å². The van der Waals surface area contributed by atoms with Gasteiger partial charge in [-0.3, -0.25) is 25.2 Å². The van der Waals surface area contributed by atoms with Crippen molar-refractivity contribution in [1.29, 1.82) is 0 Å². The Bertz CT molecular complexity index is 1050. The van der Waals surface area contributed by atoms with Crippen LogP contribution in [0.25, 0.3) is 0 Å². The standard InChI is InChI=1S/C26H34N4O5/c1-17(2)22-14-18(25(32)30-26-27-12-10-24(31)29-26)8-9-23(22)28-19-6-5-7-20(15-19)35-13-11-21(34-4)16-33-3/h5-9,14-15,17,21,28H,10-13,16H2,1-4H3,(H2,27,29,30,31,32). The Morgan fingerprint density at radius 1 is 1.17 bits per heavy atom. The molecule has 0 aromatic heterocycles. The maximum atomic E-state index is 12.7. The van der Waals surface area contributed by atoms with E-state index in [1.807, 2.05) is 36.4 Å². The van der Waals surface area contributed by atoms with Gasteiger partial charge in [-0.2, -0.15) is 0 Å². The largest absolute Gasteiger partial charge is 0.493 e. The molecule has 188 valence electrons. The molecule has 9 nitrogen and oxygen atoms in total. The molecule has 2 aromatic carbocycles. The van der Waals surface area contributed by atoms with Gasteiger partial charge >= 0.3 is 0 Å². The number of nitrogens with one attached hydrogen (secondary N) is 3. The summed E-state index contributed by atoms with van der Waals surface area (Å²) in [7, 11) is 3.31. The molecule has 0 radical (unpaired) electrons. The summed E-state index contributed by atoms with van der Waals surface area (Å²) in [5.41, 5.74) is 3.25. The first-order valence-electron chi connectivity index (χ1n) is 11.7. The number of methoxy groups -OCH3 is 2. The second-order valence-electron chi connectivity index (χ2n) is 8.54. The predicted octanol–water partition coefficient (Wildman–Crippen LogP) is 3.59. The molecule has 3 rings (SSSR count). The number of carbonyl (C=O) groups is 2. The normalized spacial score (nSPS) is 14.2. The minimum atomic E-state index is -0.322. The maximum absolute atomic E-state index is 12.7. The fraction of sp³-hybridized carbons (Fsp3) is 0.423. The summed E-state index contributed by atoms with van der Waals surface area (Å²) in [4.78, 5) is 28.4. The van der Waals surface area contributed by atoms with E-state index < -0.39 is 0 Å². The Labute approximate surface area is 206 Å². The highest BCUT2D eigenvalue weighted by Crippen LogP contribution is 2.29. The van der Waals surface area contributed by atoms with E-state index in [0.29, 0.717) is 31.7 Å². The van der Waals surface area contributed by atoms with Crippen LogP contribution >= 0.6 is 0 Å². The Hall–Kier alpha value is -3.43. The van der Waals surface area contributed by atoms with Gasteiger partial charge in [0.05, 0.1) is 25.9 Å². The summed E-state index contributed by atoms with van der Waals surface area (Å²) in [6, 6.07) is 13.2. The van der Waals surface area contributed by atoms with Crippen molar-refractivity contribution < 1.29 is 23.8 Å². The summed E-state index contributed by atoms with van der Waals surface area (Å²) >= 11 is 0. The zero-order chi connectivity index (χ0) is 25.2. The number of rotatable bonds is 11. The molecule has 0 saturated carbocycles. The van der Waals surface area contributed by atoms with Gasteiger partial charge in [0.15, 0.2) is 0 Å². The smallest absolute Gasteiger partial charge is 0.257 e. The van der Waals surface area contributed by atoms with Crippen molar-refractivity contribution in [2.75, 3.05) is 39.3 Å². The van der Waals surface area contributed by atoms with Gasteiger partial charge in [0.2, 0.25) is 11.9 Å². The summed E-state index contributed by atoms with van der Waals surface area (Å²) in [5.74, 6) is 0.633. The van der Waals surface area contributed by atoms with Crippen LogP contribution in [0.2, 0.25) is 0 Å². The van der Waals surface area contributed by atoms with E-state index in [1.54, 1.807) is 20.3 Å². The molecular weight excluding hydrogens is 448 g/mol. The van der Waals surface area contributed by atoms with Gasteiger partial charge in [-0.1, -0.05) is 19.9 Å². The van der Waals surface area contributed by atoms with Crippen LogP contribution in [0.1, 0.15) is 48.5 Å². The van der Waals surface area contributed by atoms with Crippen molar-refractivity contribution in [2.24, 2.45) is 4.99 Å². The van der Waals surface area contributed by atoms with Crippen molar-refractivity contribution in [1.82, 2.24) is 10.6 Å². The molecule has 1 heterocycles. The number of ether oxygens (including phenoxy) is 3. The molecule has 0 spiro atoms. The minimum absolute atomic E-state index is 0.00734. The average molecular weight is 483 g/mol. The lowest BCUT2D eigenvalue weighted by Gasteiger charge is -2.18. The number of guanidine groups is 1. The number of hydrogen-bond donors (Lipinski definition) is 3. The number of anilines is 2. The molecule has 0 fully saturated rings. The third-order valence-corrected chi connectivity index (χ3v) is 5.54. The predicted molar refractivity (Wildman–Crippen MR) is 136 cm³/mol. The van der Waals surface area contributed by atoms with E-state index in [2.05, 4.69) is 34.8 Å². The zero-order valence-electron chi connectivity index (χ0n) is 20.7. The molecule has 1 atom stereocenters. The molecule has 0 bridgehead atoms. The monoisotopic (exact) mass is 482 g/mol. The van der Waals surface area contributed by atoms with E-state index in [9.17, 15) is 9.59 Å². The van der Waals surface area contributed by atoms with Crippen LogP contribution in [-0.2, 0) is 14.3 Å². The first-order chi connectivity index (χ1) is 16.9. The Morgan fingerprint density at radius 3 is 2.71 bits per heavy atom. The SMILES string of the molecule is COCC(CCOc1cccc(Nc2ccc(C(=O)NC3=NCCC(=O)N3)cc2C(C)C)c1)OC. The first-order valence-corrected chi connectivity index (χ1v) is 11.7. The summed E-state index contributed by atoms with van der Waals surface area (Å²) < 4.78 is 16.4. The molecular formula is C26H34N4O5. The minimum Gasteiger partial charge on any atom is -0.493 e. The second kappa shape index (κ2) is 12.9. The average Bonchev–Trinajstić information content (AvgIpc) is 2.84. The fourth-order valence-corrected chi connectivity index (χ4v) is 3.63. The number of amides is 2. The molecule has 2 amide bonds. The van der Waals surface area contributed by atoms with E-state index in [4.69, 9.17) is 14.2 Å². The molecule has 1 unspecified atom stereocenters. The molecule has 0 aliphatic carbocycles. The van der Waals surface area contributed by atoms with Crippen LogP contribution in [0, 0.1) is 0 Å². The van der Waals surface area contributed by atoms with Gasteiger partial charge in [-0.25, -0.2) is 0 Å².